The summed E-state index contributed by atoms with van der Waals surface area (Å²) in [6, 6.07) is 3.72. The summed E-state index contributed by atoms with van der Waals surface area (Å²) < 4.78 is 14.9. The molecule has 0 bridgehead atoms. The summed E-state index contributed by atoms with van der Waals surface area (Å²) in [6.07, 6.45) is 1.61. The van der Waals surface area contributed by atoms with Crippen LogP contribution in [0.5, 0.6) is 5.75 Å². The first-order chi connectivity index (χ1) is 8.58. The summed E-state index contributed by atoms with van der Waals surface area (Å²) in [5, 5.41) is 20.5. The van der Waals surface area contributed by atoms with E-state index in [0.717, 1.165) is 5.82 Å². The lowest BCUT2D eigenvalue weighted by Crippen LogP contribution is -2.20. The highest BCUT2D eigenvalue weighted by atomic mass is 19.1. The van der Waals surface area contributed by atoms with Gasteiger partial charge in [-0.2, -0.15) is 0 Å². The zero-order valence-corrected chi connectivity index (χ0v) is 10.3. The Balaban J connectivity index is 2.06. The number of aromatic nitrogens is 3. The molecule has 0 saturated carbocycles. The molecule has 2 rings (SSSR count). The molecule has 0 aliphatic carbocycles. The molecule has 1 heterocycles. The minimum Gasteiger partial charge on any atom is -0.508 e. The first kappa shape index (κ1) is 12.5. The molecule has 6 heteroatoms. The van der Waals surface area contributed by atoms with E-state index in [1.807, 2.05) is 14.0 Å². The number of hydrogen-bond acceptors (Lipinski definition) is 4. The van der Waals surface area contributed by atoms with Crippen molar-refractivity contribution in [3.63, 3.8) is 0 Å². The van der Waals surface area contributed by atoms with Crippen LogP contribution in [-0.2, 0) is 13.6 Å². The van der Waals surface area contributed by atoms with Crippen molar-refractivity contribution in [2.75, 3.05) is 0 Å². The van der Waals surface area contributed by atoms with Crippen LogP contribution in [0.15, 0.2) is 24.5 Å². The molecule has 0 aliphatic rings. The number of aromatic hydroxyl groups is 1. The molecule has 0 spiro atoms. The molecule has 1 aromatic carbocycles. The van der Waals surface area contributed by atoms with Crippen LogP contribution < -0.4 is 5.32 Å². The summed E-state index contributed by atoms with van der Waals surface area (Å²) in [5.74, 6) is 0.488. The minimum atomic E-state index is -0.366. The second-order valence-electron chi connectivity index (χ2n) is 4.16. The lowest BCUT2D eigenvalue weighted by atomic mass is 10.1. The van der Waals surface area contributed by atoms with E-state index in [-0.39, 0.29) is 17.6 Å². The van der Waals surface area contributed by atoms with Crippen LogP contribution in [0.25, 0.3) is 0 Å². The van der Waals surface area contributed by atoms with Crippen LogP contribution in [0.4, 0.5) is 4.39 Å². The molecule has 18 heavy (non-hydrogen) atoms. The first-order valence-corrected chi connectivity index (χ1v) is 5.62. The summed E-state index contributed by atoms with van der Waals surface area (Å²) in [5.41, 5.74) is 0.525. The van der Waals surface area contributed by atoms with Crippen LogP contribution in [0, 0.1) is 5.82 Å². The minimum absolute atomic E-state index is 0.0781. The normalized spacial score (nSPS) is 12.6. The largest absolute Gasteiger partial charge is 0.508 e. The molecule has 5 nitrogen and oxygen atoms in total. The van der Waals surface area contributed by atoms with Gasteiger partial charge in [-0.1, -0.05) is 0 Å². The highest BCUT2D eigenvalue weighted by Gasteiger charge is 2.12. The molecule has 1 aromatic heterocycles. The predicted molar refractivity (Wildman–Crippen MR) is 64.3 cm³/mol. The van der Waals surface area contributed by atoms with Crippen LogP contribution >= 0.6 is 0 Å². The van der Waals surface area contributed by atoms with Crippen LogP contribution in [0.1, 0.15) is 24.4 Å². The van der Waals surface area contributed by atoms with Gasteiger partial charge in [0, 0.05) is 18.7 Å². The van der Waals surface area contributed by atoms with Crippen molar-refractivity contribution in [1.82, 2.24) is 20.1 Å². The van der Waals surface area contributed by atoms with Gasteiger partial charge in [-0.15, -0.1) is 10.2 Å². The summed E-state index contributed by atoms with van der Waals surface area (Å²) >= 11 is 0. The number of nitrogens with one attached hydrogen (secondary N) is 1. The number of rotatable bonds is 4. The fourth-order valence-electron chi connectivity index (χ4n) is 1.69. The van der Waals surface area contributed by atoms with Crippen molar-refractivity contribution in [2.45, 2.75) is 19.5 Å². The molecule has 0 saturated heterocycles. The van der Waals surface area contributed by atoms with E-state index in [2.05, 4.69) is 15.5 Å². The van der Waals surface area contributed by atoms with E-state index < -0.39 is 0 Å². The van der Waals surface area contributed by atoms with Crippen molar-refractivity contribution in [3.05, 3.63) is 41.7 Å². The smallest absolute Gasteiger partial charge is 0.146 e. The highest BCUT2D eigenvalue weighted by molar-refractivity contribution is 5.34. The topological polar surface area (TPSA) is 63.0 Å². The van der Waals surface area contributed by atoms with Crippen LogP contribution in [0.3, 0.4) is 0 Å². The van der Waals surface area contributed by atoms with Gasteiger partial charge in [0.1, 0.15) is 23.7 Å². The predicted octanol–water partition coefficient (Wildman–Crippen LogP) is 1.51. The summed E-state index contributed by atoms with van der Waals surface area (Å²) in [6.45, 7) is 2.35. The van der Waals surface area contributed by atoms with E-state index in [9.17, 15) is 9.50 Å². The van der Waals surface area contributed by atoms with Crippen LogP contribution in [-0.4, -0.2) is 19.9 Å². The van der Waals surface area contributed by atoms with Crippen LogP contribution in [0.2, 0.25) is 0 Å². The standard InChI is InChI=1S/C12H15FN4O/c1-8(10-5-9(13)3-4-11(10)18)14-6-12-16-15-7-17(12)2/h3-5,7-8,14,18H,6H2,1-2H3. The highest BCUT2D eigenvalue weighted by Crippen LogP contribution is 2.24. The van der Waals surface area contributed by atoms with Gasteiger partial charge in [0.2, 0.25) is 0 Å². The van der Waals surface area contributed by atoms with Gasteiger partial charge < -0.3 is 15.0 Å². The molecule has 1 unspecified atom stereocenters. The molecule has 0 amide bonds. The zero-order chi connectivity index (χ0) is 13.1. The SMILES string of the molecule is CC(NCc1nncn1C)c1cc(F)ccc1O. The van der Waals surface area contributed by atoms with Gasteiger partial charge in [-0.05, 0) is 25.1 Å². The van der Waals surface area contributed by atoms with E-state index >= 15 is 0 Å². The van der Waals surface area contributed by atoms with Gasteiger partial charge >= 0.3 is 0 Å². The zero-order valence-electron chi connectivity index (χ0n) is 10.3. The molecule has 0 aliphatic heterocycles. The number of phenolic OH excluding ortho intramolecular Hbond substituents is 1. The van der Waals surface area contributed by atoms with Gasteiger partial charge in [0.25, 0.3) is 0 Å². The summed E-state index contributed by atoms with van der Waals surface area (Å²) in [4.78, 5) is 0. The maximum atomic E-state index is 13.1. The molecular weight excluding hydrogens is 235 g/mol. The van der Waals surface area contributed by atoms with Gasteiger partial charge in [-0.25, -0.2) is 4.39 Å². The first-order valence-electron chi connectivity index (χ1n) is 5.62. The Morgan fingerprint density at radius 2 is 2.28 bits per heavy atom. The average Bonchev–Trinajstić information content (AvgIpc) is 2.75. The monoisotopic (exact) mass is 250 g/mol. The number of phenols is 1. The van der Waals surface area contributed by atoms with Crippen molar-refractivity contribution in [1.29, 1.82) is 0 Å². The number of nitrogens with zero attached hydrogens (tertiary/aromatic N) is 3. The quantitative estimate of drug-likeness (QED) is 0.863. The van der Waals surface area contributed by atoms with Crippen molar-refractivity contribution in [2.24, 2.45) is 7.05 Å². The molecular formula is C12H15FN4O. The Labute approximate surface area is 104 Å². The Morgan fingerprint density at radius 3 is 2.94 bits per heavy atom. The average molecular weight is 250 g/mol. The second-order valence-corrected chi connectivity index (χ2v) is 4.16. The third-order valence-corrected chi connectivity index (χ3v) is 2.83. The third-order valence-electron chi connectivity index (χ3n) is 2.83. The van der Waals surface area contributed by atoms with E-state index in [1.54, 1.807) is 10.9 Å². The van der Waals surface area contributed by atoms with Gasteiger partial charge in [-0.3, -0.25) is 0 Å². The molecule has 1 atom stereocenters. The number of benzene rings is 1. The second kappa shape index (κ2) is 5.14. The Morgan fingerprint density at radius 1 is 1.50 bits per heavy atom. The Kier molecular flexibility index (Phi) is 3.57. The van der Waals surface area contributed by atoms with Gasteiger partial charge in [0.05, 0.1) is 6.54 Å². The molecule has 0 fully saturated rings. The van der Waals surface area contributed by atoms with E-state index in [0.29, 0.717) is 12.1 Å². The maximum Gasteiger partial charge on any atom is 0.146 e. The Hall–Kier alpha value is -1.95. The fourth-order valence-corrected chi connectivity index (χ4v) is 1.69. The maximum absolute atomic E-state index is 13.1. The number of aryl methyl sites for hydroxylation is 1. The number of halogens is 1. The molecule has 96 valence electrons. The summed E-state index contributed by atoms with van der Waals surface area (Å²) in [7, 11) is 1.85. The lowest BCUT2D eigenvalue weighted by Gasteiger charge is -2.15. The third kappa shape index (κ3) is 2.65. The molecule has 2 aromatic rings. The van der Waals surface area contributed by atoms with Crippen molar-refractivity contribution >= 4 is 0 Å². The molecule has 2 N–H and O–H groups in total. The Bertz CT molecular complexity index is 541. The van der Waals surface area contributed by atoms with Crippen molar-refractivity contribution < 1.29 is 9.50 Å². The number of hydrogen-bond donors (Lipinski definition) is 2. The van der Waals surface area contributed by atoms with Crippen molar-refractivity contribution in [3.8, 4) is 5.75 Å². The van der Waals surface area contributed by atoms with E-state index in [1.165, 1.54) is 18.2 Å². The molecule has 0 radical (unpaired) electrons. The lowest BCUT2D eigenvalue weighted by molar-refractivity contribution is 0.447. The fraction of sp³-hybridized carbons (Fsp3) is 0.333. The van der Waals surface area contributed by atoms with E-state index in [4.69, 9.17) is 0 Å². The van der Waals surface area contributed by atoms with Gasteiger partial charge in [0.15, 0.2) is 0 Å².